The Kier molecular flexibility index (Phi) is 5.94. The maximum atomic E-state index is 13.1. The number of anilines is 1. The van der Waals surface area contributed by atoms with Crippen LogP contribution in [0.15, 0.2) is 48.5 Å². The Morgan fingerprint density at radius 3 is 2.38 bits per heavy atom. The van der Waals surface area contributed by atoms with Crippen LogP contribution in [0.3, 0.4) is 0 Å². The second-order valence-corrected chi connectivity index (χ2v) is 6.85. The van der Waals surface area contributed by atoms with Gasteiger partial charge in [0.15, 0.2) is 0 Å². The number of rotatable bonds is 6. The SMILES string of the molecule is CCN(CC)c1ccc(C[NH+]2CC=C(c3ccc(F)cc3)CC2)c(O)c1. The fraction of sp³-hybridized carbons (Fsp3) is 0.364. The highest BCUT2D eigenvalue weighted by atomic mass is 19.1. The third-order valence-corrected chi connectivity index (χ3v) is 5.24. The van der Waals surface area contributed by atoms with E-state index < -0.39 is 0 Å². The monoisotopic (exact) mass is 355 g/mol. The van der Waals surface area contributed by atoms with Gasteiger partial charge in [-0.1, -0.05) is 12.1 Å². The molecule has 0 radical (unpaired) electrons. The van der Waals surface area contributed by atoms with E-state index in [0.29, 0.717) is 5.75 Å². The van der Waals surface area contributed by atoms with Crippen LogP contribution in [0.5, 0.6) is 5.75 Å². The van der Waals surface area contributed by atoms with Gasteiger partial charge in [0, 0.05) is 36.8 Å². The Morgan fingerprint density at radius 2 is 1.81 bits per heavy atom. The van der Waals surface area contributed by atoms with Crippen LogP contribution in [0, 0.1) is 5.82 Å². The van der Waals surface area contributed by atoms with Crippen molar-refractivity contribution in [3.05, 3.63) is 65.5 Å². The normalized spacial score (nSPS) is 17.0. The van der Waals surface area contributed by atoms with Crippen molar-refractivity contribution in [1.82, 2.24) is 0 Å². The zero-order chi connectivity index (χ0) is 18.5. The van der Waals surface area contributed by atoms with E-state index in [1.165, 1.54) is 22.6 Å². The predicted octanol–water partition coefficient (Wildman–Crippen LogP) is 3.25. The topological polar surface area (TPSA) is 27.9 Å². The van der Waals surface area contributed by atoms with E-state index in [0.717, 1.165) is 56.0 Å². The third-order valence-electron chi connectivity index (χ3n) is 5.24. The van der Waals surface area contributed by atoms with Crippen LogP contribution in [0.25, 0.3) is 5.57 Å². The van der Waals surface area contributed by atoms with Crippen molar-refractivity contribution in [2.75, 3.05) is 31.1 Å². The molecule has 2 N–H and O–H groups in total. The molecule has 1 heterocycles. The highest BCUT2D eigenvalue weighted by Crippen LogP contribution is 2.24. The van der Waals surface area contributed by atoms with Crippen molar-refractivity contribution in [2.24, 2.45) is 0 Å². The molecule has 1 aliphatic rings. The van der Waals surface area contributed by atoms with Crippen LogP contribution in [-0.2, 0) is 6.54 Å². The quantitative estimate of drug-likeness (QED) is 0.833. The summed E-state index contributed by atoms with van der Waals surface area (Å²) >= 11 is 0. The van der Waals surface area contributed by atoms with E-state index in [-0.39, 0.29) is 5.82 Å². The lowest BCUT2D eigenvalue weighted by Gasteiger charge is -2.25. The minimum Gasteiger partial charge on any atom is -0.507 e. The first-order valence-electron chi connectivity index (χ1n) is 9.46. The molecule has 0 aliphatic carbocycles. The fourth-order valence-electron chi connectivity index (χ4n) is 3.63. The number of phenols is 1. The molecule has 0 saturated carbocycles. The minimum absolute atomic E-state index is 0.193. The molecule has 26 heavy (non-hydrogen) atoms. The molecule has 2 aromatic carbocycles. The Bertz CT molecular complexity index is 766. The van der Waals surface area contributed by atoms with E-state index in [2.05, 4.69) is 37.0 Å². The molecule has 3 rings (SSSR count). The number of phenolic OH excluding ortho intramolecular Hbond substituents is 1. The van der Waals surface area contributed by atoms with Gasteiger partial charge in [-0.3, -0.25) is 0 Å². The van der Waals surface area contributed by atoms with Gasteiger partial charge in [0.1, 0.15) is 18.1 Å². The summed E-state index contributed by atoms with van der Waals surface area (Å²) < 4.78 is 13.1. The van der Waals surface area contributed by atoms with E-state index in [1.54, 1.807) is 0 Å². The zero-order valence-corrected chi connectivity index (χ0v) is 15.6. The smallest absolute Gasteiger partial charge is 0.126 e. The summed E-state index contributed by atoms with van der Waals surface area (Å²) in [4.78, 5) is 3.66. The number of halogens is 1. The summed E-state index contributed by atoms with van der Waals surface area (Å²) in [6, 6.07) is 12.8. The standard InChI is InChI=1S/C22H27FN2O/c1-3-25(4-2)21-10-7-19(22(26)15-21)16-24-13-11-18(12-14-24)17-5-8-20(23)9-6-17/h5-11,15,26H,3-4,12-14,16H2,1-2H3/p+1. The van der Waals surface area contributed by atoms with Gasteiger partial charge in [0.05, 0.1) is 13.1 Å². The van der Waals surface area contributed by atoms with Crippen molar-refractivity contribution < 1.29 is 14.4 Å². The van der Waals surface area contributed by atoms with Gasteiger partial charge in [-0.25, -0.2) is 4.39 Å². The summed E-state index contributed by atoms with van der Waals surface area (Å²) in [5.74, 6) is 0.191. The van der Waals surface area contributed by atoms with Crippen molar-refractivity contribution in [3.63, 3.8) is 0 Å². The lowest BCUT2D eigenvalue weighted by Crippen LogP contribution is -3.11. The molecule has 0 fully saturated rings. The van der Waals surface area contributed by atoms with Crippen LogP contribution < -0.4 is 9.80 Å². The molecule has 2 aromatic rings. The van der Waals surface area contributed by atoms with Crippen LogP contribution in [-0.4, -0.2) is 31.3 Å². The first-order chi connectivity index (χ1) is 12.6. The van der Waals surface area contributed by atoms with Crippen molar-refractivity contribution in [3.8, 4) is 5.75 Å². The third kappa shape index (κ3) is 4.25. The molecule has 138 valence electrons. The highest BCUT2D eigenvalue weighted by Gasteiger charge is 2.18. The van der Waals surface area contributed by atoms with Crippen LogP contribution >= 0.6 is 0 Å². The van der Waals surface area contributed by atoms with Crippen molar-refractivity contribution in [1.29, 1.82) is 0 Å². The van der Waals surface area contributed by atoms with Crippen LogP contribution in [0.1, 0.15) is 31.4 Å². The Hall–Kier alpha value is -2.33. The average Bonchev–Trinajstić information content (AvgIpc) is 2.66. The Morgan fingerprint density at radius 1 is 1.08 bits per heavy atom. The molecule has 1 atom stereocenters. The van der Waals surface area contributed by atoms with E-state index in [1.807, 2.05) is 18.2 Å². The summed E-state index contributed by atoms with van der Waals surface area (Å²) in [7, 11) is 0. The van der Waals surface area contributed by atoms with Gasteiger partial charge < -0.3 is 14.9 Å². The first-order valence-corrected chi connectivity index (χ1v) is 9.46. The number of hydrogen-bond acceptors (Lipinski definition) is 2. The van der Waals surface area contributed by atoms with E-state index in [9.17, 15) is 9.50 Å². The van der Waals surface area contributed by atoms with Gasteiger partial charge in [-0.15, -0.1) is 0 Å². The van der Waals surface area contributed by atoms with E-state index >= 15 is 0 Å². The molecule has 0 spiro atoms. The molecule has 0 aromatic heterocycles. The van der Waals surface area contributed by atoms with Crippen LogP contribution in [0.2, 0.25) is 0 Å². The van der Waals surface area contributed by atoms with E-state index in [4.69, 9.17) is 0 Å². The number of hydrogen-bond donors (Lipinski definition) is 2. The molecule has 3 nitrogen and oxygen atoms in total. The molecule has 0 saturated heterocycles. The molecule has 1 aliphatic heterocycles. The summed E-state index contributed by atoms with van der Waals surface area (Å²) in [5.41, 5.74) is 4.46. The lowest BCUT2D eigenvalue weighted by atomic mass is 9.99. The summed E-state index contributed by atoms with van der Waals surface area (Å²) in [6.45, 7) is 8.87. The Balaban J connectivity index is 1.65. The van der Waals surface area contributed by atoms with Crippen molar-refractivity contribution in [2.45, 2.75) is 26.8 Å². The molecular formula is C22H28FN2O+. The highest BCUT2D eigenvalue weighted by molar-refractivity contribution is 5.66. The lowest BCUT2D eigenvalue weighted by molar-refractivity contribution is -0.908. The second kappa shape index (κ2) is 8.37. The largest absolute Gasteiger partial charge is 0.507 e. The number of benzene rings is 2. The Labute approximate surface area is 155 Å². The molecule has 1 unspecified atom stereocenters. The van der Waals surface area contributed by atoms with Gasteiger partial charge in [-0.2, -0.15) is 0 Å². The van der Waals surface area contributed by atoms with Crippen molar-refractivity contribution >= 4 is 11.3 Å². The average molecular weight is 355 g/mol. The number of nitrogens with zero attached hydrogens (tertiary/aromatic N) is 1. The second-order valence-electron chi connectivity index (χ2n) is 6.85. The van der Waals surface area contributed by atoms with Gasteiger partial charge in [0.25, 0.3) is 0 Å². The minimum atomic E-state index is -0.193. The zero-order valence-electron chi connectivity index (χ0n) is 15.6. The molecule has 0 amide bonds. The maximum absolute atomic E-state index is 13.1. The molecular weight excluding hydrogens is 327 g/mol. The summed E-state index contributed by atoms with van der Waals surface area (Å²) in [5, 5.41) is 10.4. The van der Waals surface area contributed by atoms with Crippen LogP contribution in [0.4, 0.5) is 10.1 Å². The number of aromatic hydroxyl groups is 1. The summed E-state index contributed by atoms with van der Waals surface area (Å²) in [6.07, 6.45) is 3.21. The molecule has 4 heteroatoms. The van der Waals surface area contributed by atoms with Gasteiger partial charge in [-0.05, 0) is 55.3 Å². The first kappa shape index (κ1) is 18.5. The number of quaternary nitrogens is 1. The van der Waals surface area contributed by atoms with Gasteiger partial charge >= 0.3 is 0 Å². The number of nitrogens with one attached hydrogen (secondary N) is 1. The maximum Gasteiger partial charge on any atom is 0.126 e. The predicted molar refractivity (Wildman–Crippen MR) is 105 cm³/mol. The fourth-order valence-corrected chi connectivity index (χ4v) is 3.63. The van der Waals surface area contributed by atoms with Gasteiger partial charge in [0.2, 0.25) is 0 Å². The molecule has 0 bridgehead atoms.